The molecule has 4 heteroatoms. The van der Waals surface area contributed by atoms with Gasteiger partial charge in [0.2, 0.25) is 0 Å². The highest BCUT2D eigenvalue weighted by molar-refractivity contribution is 6.04. The van der Waals surface area contributed by atoms with Gasteiger partial charge in [0.25, 0.3) is 5.91 Å². The number of hydrogen-bond acceptors (Lipinski definition) is 2. The summed E-state index contributed by atoms with van der Waals surface area (Å²) in [7, 11) is 0. The molecule has 110 valence electrons. The summed E-state index contributed by atoms with van der Waals surface area (Å²) in [5, 5.41) is 6.08. The van der Waals surface area contributed by atoms with Crippen LogP contribution in [0.5, 0.6) is 0 Å². The second-order valence-corrected chi connectivity index (χ2v) is 4.87. The third kappa shape index (κ3) is 4.13. The van der Waals surface area contributed by atoms with E-state index >= 15 is 0 Å². The molecular formula is C17H19FN2O. The standard InChI is InChI=1S/C17H19FN2O/c1-3-19-12(2)13-7-9-16(10-8-13)20-17(21)14-5-4-6-15(18)11-14/h4-12,19H,3H2,1-2H3,(H,20,21). The Bertz CT molecular complexity index is 610. The van der Waals surface area contributed by atoms with Crippen molar-refractivity contribution in [3.05, 3.63) is 65.5 Å². The van der Waals surface area contributed by atoms with E-state index in [2.05, 4.69) is 24.5 Å². The molecule has 21 heavy (non-hydrogen) atoms. The highest BCUT2D eigenvalue weighted by atomic mass is 19.1. The number of anilines is 1. The molecule has 2 aromatic carbocycles. The molecule has 0 bridgehead atoms. The lowest BCUT2D eigenvalue weighted by Gasteiger charge is -2.13. The predicted octanol–water partition coefficient (Wildman–Crippen LogP) is 3.75. The van der Waals surface area contributed by atoms with E-state index in [1.165, 1.54) is 18.2 Å². The number of nitrogens with one attached hydrogen (secondary N) is 2. The predicted molar refractivity (Wildman–Crippen MR) is 82.9 cm³/mol. The van der Waals surface area contributed by atoms with Crippen molar-refractivity contribution in [2.45, 2.75) is 19.9 Å². The van der Waals surface area contributed by atoms with Crippen LogP contribution in [0.15, 0.2) is 48.5 Å². The van der Waals surface area contributed by atoms with Gasteiger partial charge in [0.05, 0.1) is 0 Å². The molecule has 0 aliphatic carbocycles. The van der Waals surface area contributed by atoms with Crippen molar-refractivity contribution in [1.29, 1.82) is 0 Å². The first-order valence-corrected chi connectivity index (χ1v) is 7.00. The molecule has 0 heterocycles. The molecule has 2 aromatic rings. The lowest BCUT2D eigenvalue weighted by atomic mass is 10.1. The van der Waals surface area contributed by atoms with E-state index in [1.807, 2.05) is 24.3 Å². The molecule has 0 spiro atoms. The Morgan fingerprint density at radius 1 is 1.19 bits per heavy atom. The van der Waals surface area contributed by atoms with E-state index in [9.17, 15) is 9.18 Å². The first kappa shape index (κ1) is 15.2. The smallest absolute Gasteiger partial charge is 0.255 e. The van der Waals surface area contributed by atoms with Crippen molar-refractivity contribution in [2.75, 3.05) is 11.9 Å². The molecule has 0 aliphatic heterocycles. The molecule has 2 rings (SSSR count). The summed E-state index contributed by atoms with van der Waals surface area (Å²) in [6.45, 7) is 5.05. The molecule has 3 nitrogen and oxygen atoms in total. The number of amides is 1. The quantitative estimate of drug-likeness (QED) is 0.879. The van der Waals surface area contributed by atoms with Crippen LogP contribution in [-0.2, 0) is 0 Å². The van der Waals surface area contributed by atoms with Gasteiger partial charge in [0.1, 0.15) is 5.82 Å². The fourth-order valence-corrected chi connectivity index (χ4v) is 2.11. The fraction of sp³-hybridized carbons (Fsp3) is 0.235. The van der Waals surface area contributed by atoms with Gasteiger partial charge in [-0.25, -0.2) is 4.39 Å². The molecular weight excluding hydrogens is 267 g/mol. The molecule has 0 fully saturated rings. The molecule has 0 aliphatic rings. The van der Waals surface area contributed by atoms with E-state index in [0.717, 1.165) is 12.1 Å². The summed E-state index contributed by atoms with van der Waals surface area (Å²) in [6, 6.07) is 13.5. The number of halogens is 1. The van der Waals surface area contributed by atoms with Crippen LogP contribution in [0.4, 0.5) is 10.1 Å². The highest BCUT2D eigenvalue weighted by Crippen LogP contribution is 2.16. The normalized spacial score (nSPS) is 12.0. The zero-order valence-electron chi connectivity index (χ0n) is 12.2. The first-order valence-electron chi connectivity index (χ1n) is 7.00. The largest absolute Gasteiger partial charge is 0.322 e. The fourth-order valence-electron chi connectivity index (χ4n) is 2.11. The molecule has 0 aromatic heterocycles. The van der Waals surface area contributed by atoms with Crippen molar-refractivity contribution in [2.24, 2.45) is 0 Å². The second kappa shape index (κ2) is 6.99. The summed E-state index contributed by atoms with van der Waals surface area (Å²) >= 11 is 0. The summed E-state index contributed by atoms with van der Waals surface area (Å²) in [6.07, 6.45) is 0. The molecule has 2 N–H and O–H groups in total. The maximum atomic E-state index is 13.1. The van der Waals surface area contributed by atoms with E-state index < -0.39 is 5.82 Å². The van der Waals surface area contributed by atoms with Crippen LogP contribution in [0.1, 0.15) is 35.8 Å². The van der Waals surface area contributed by atoms with Crippen molar-refractivity contribution >= 4 is 11.6 Å². The summed E-state index contributed by atoms with van der Waals surface area (Å²) in [4.78, 5) is 12.0. The number of benzene rings is 2. The van der Waals surface area contributed by atoms with Crippen molar-refractivity contribution in [1.82, 2.24) is 5.32 Å². The molecule has 0 radical (unpaired) electrons. The van der Waals surface area contributed by atoms with Gasteiger partial charge < -0.3 is 10.6 Å². The maximum absolute atomic E-state index is 13.1. The average Bonchev–Trinajstić information content (AvgIpc) is 2.48. The number of rotatable bonds is 5. The summed E-state index contributed by atoms with van der Waals surface area (Å²) in [5.41, 5.74) is 2.15. The van der Waals surface area contributed by atoms with Crippen LogP contribution < -0.4 is 10.6 Å². The summed E-state index contributed by atoms with van der Waals surface area (Å²) < 4.78 is 13.1. The lowest BCUT2D eigenvalue weighted by Crippen LogP contribution is -2.17. The van der Waals surface area contributed by atoms with Crippen LogP contribution in [0.2, 0.25) is 0 Å². The Labute approximate surface area is 124 Å². The van der Waals surface area contributed by atoms with Crippen LogP contribution in [0.3, 0.4) is 0 Å². The second-order valence-electron chi connectivity index (χ2n) is 4.87. The van der Waals surface area contributed by atoms with Gasteiger partial charge in [-0.05, 0) is 49.4 Å². The number of carbonyl (C=O) groups excluding carboxylic acids is 1. The van der Waals surface area contributed by atoms with E-state index in [4.69, 9.17) is 0 Å². The van der Waals surface area contributed by atoms with Crippen LogP contribution in [-0.4, -0.2) is 12.5 Å². The summed E-state index contributed by atoms with van der Waals surface area (Å²) in [5.74, 6) is -0.737. The van der Waals surface area contributed by atoms with Crippen molar-refractivity contribution in [3.63, 3.8) is 0 Å². The first-order chi connectivity index (χ1) is 10.1. The van der Waals surface area contributed by atoms with Gasteiger partial charge in [-0.1, -0.05) is 25.1 Å². The molecule has 1 atom stereocenters. The van der Waals surface area contributed by atoms with Gasteiger partial charge in [0, 0.05) is 17.3 Å². The Morgan fingerprint density at radius 2 is 1.90 bits per heavy atom. The Morgan fingerprint density at radius 3 is 2.52 bits per heavy atom. The van der Waals surface area contributed by atoms with Gasteiger partial charge in [-0.2, -0.15) is 0 Å². The topological polar surface area (TPSA) is 41.1 Å². The van der Waals surface area contributed by atoms with E-state index in [-0.39, 0.29) is 11.9 Å². The molecule has 1 amide bonds. The Balaban J connectivity index is 2.05. The van der Waals surface area contributed by atoms with E-state index in [1.54, 1.807) is 6.07 Å². The molecule has 0 saturated carbocycles. The van der Waals surface area contributed by atoms with Crippen LogP contribution in [0, 0.1) is 5.82 Å². The Kier molecular flexibility index (Phi) is 5.06. The molecule has 0 saturated heterocycles. The zero-order valence-corrected chi connectivity index (χ0v) is 12.2. The third-order valence-electron chi connectivity index (χ3n) is 3.27. The third-order valence-corrected chi connectivity index (χ3v) is 3.27. The van der Waals surface area contributed by atoms with Gasteiger partial charge in [-0.15, -0.1) is 0 Å². The zero-order chi connectivity index (χ0) is 15.2. The van der Waals surface area contributed by atoms with Crippen molar-refractivity contribution in [3.8, 4) is 0 Å². The minimum atomic E-state index is -0.419. The lowest BCUT2D eigenvalue weighted by molar-refractivity contribution is 0.102. The SMILES string of the molecule is CCNC(C)c1ccc(NC(=O)c2cccc(F)c2)cc1. The van der Waals surface area contributed by atoms with Crippen molar-refractivity contribution < 1.29 is 9.18 Å². The molecule has 1 unspecified atom stereocenters. The minimum absolute atomic E-state index is 0.267. The van der Waals surface area contributed by atoms with E-state index in [0.29, 0.717) is 11.3 Å². The van der Waals surface area contributed by atoms with Crippen LogP contribution >= 0.6 is 0 Å². The highest BCUT2D eigenvalue weighted by Gasteiger charge is 2.08. The van der Waals surface area contributed by atoms with Gasteiger partial charge in [0.15, 0.2) is 0 Å². The number of hydrogen-bond donors (Lipinski definition) is 2. The van der Waals surface area contributed by atoms with Crippen LogP contribution in [0.25, 0.3) is 0 Å². The maximum Gasteiger partial charge on any atom is 0.255 e. The average molecular weight is 286 g/mol. The van der Waals surface area contributed by atoms with Gasteiger partial charge >= 0.3 is 0 Å². The Hall–Kier alpha value is -2.20. The van der Waals surface area contributed by atoms with Gasteiger partial charge in [-0.3, -0.25) is 4.79 Å². The monoisotopic (exact) mass is 286 g/mol. The number of carbonyl (C=O) groups is 1. The minimum Gasteiger partial charge on any atom is -0.322 e.